The lowest BCUT2D eigenvalue weighted by Crippen LogP contribution is -2.48. The summed E-state index contributed by atoms with van der Waals surface area (Å²) in [7, 11) is 0.632. The van der Waals surface area contributed by atoms with Crippen LogP contribution in [0.1, 0.15) is 45.4 Å². The standard InChI is InChI=1S/C20H29N3O4S/c1-3-28(26)18-8-5-4-7-15(18)22-20(25)21-14-10-11-16(17(13-14)27-2)23-12-6-9-19(23)24/h10-11,13,15,18H,3-9,12H2,1-2H3,(H2,21,22,25)/t15-,18+,28+/m0/s1. The van der Waals surface area contributed by atoms with Gasteiger partial charge in [-0.25, -0.2) is 4.79 Å². The SMILES string of the molecule is CC[S@@](=O)[C@@H]1CCCC[C@@H]1NC(=O)Nc1ccc(N2CCCC2=O)c(OC)c1. The third-order valence-electron chi connectivity index (χ3n) is 5.44. The Labute approximate surface area is 168 Å². The van der Waals surface area contributed by atoms with Crippen LogP contribution in [0.5, 0.6) is 5.75 Å². The van der Waals surface area contributed by atoms with Crippen LogP contribution < -0.4 is 20.3 Å². The van der Waals surface area contributed by atoms with E-state index in [1.165, 1.54) is 0 Å². The van der Waals surface area contributed by atoms with Crippen LogP contribution in [0.2, 0.25) is 0 Å². The molecule has 7 nitrogen and oxygen atoms in total. The van der Waals surface area contributed by atoms with Gasteiger partial charge in [-0.3, -0.25) is 9.00 Å². The van der Waals surface area contributed by atoms with Crippen LogP contribution in [-0.4, -0.2) is 46.8 Å². The average Bonchev–Trinajstić information content (AvgIpc) is 3.13. The largest absolute Gasteiger partial charge is 0.494 e. The van der Waals surface area contributed by atoms with Gasteiger partial charge >= 0.3 is 6.03 Å². The van der Waals surface area contributed by atoms with Gasteiger partial charge in [0.05, 0.1) is 18.0 Å². The predicted molar refractivity (Wildman–Crippen MR) is 111 cm³/mol. The number of carbonyl (C=O) groups is 2. The number of hydrogen-bond acceptors (Lipinski definition) is 4. The zero-order valence-electron chi connectivity index (χ0n) is 16.5. The van der Waals surface area contributed by atoms with Gasteiger partial charge in [0.2, 0.25) is 5.91 Å². The van der Waals surface area contributed by atoms with E-state index in [1.807, 2.05) is 6.92 Å². The molecule has 2 N–H and O–H groups in total. The number of nitrogens with zero attached hydrogens (tertiary/aromatic N) is 1. The normalized spacial score (nSPS) is 23.4. The molecule has 1 saturated carbocycles. The Bertz CT molecular complexity index is 755. The molecule has 1 aromatic rings. The van der Waals surface area contributed by atoms with E-state index in [-0.39, 0.29) is 23.2 Å². The zero-order valence-corrected chi connectivity index (χ0v) is 17.3. The van der Waals surface area contributed by atoms with Crippen molar-refractivity contribution in [1.82, 2.24) is 5.32 Å². The first-order valence-electron chi connectivity index (χ1n) is 9.96. The monoisotopic (exact) mass is 407 g/mol. The van der Waals surface area contributed by atoms with Crippen LogP contribution in [-0.2, 0) is 15.6 Å². The molecule has 1 saturated heterocycles. The van der Waals surface area contributed by atoms with Crippen molar-refractivity contribution >= 4 is 34.1 Å². The summed E-state index contributed by atoms with van der Waals surface area (Å²) < 4.78 is 17.7. The molecule has 2 aliphatic rings. The third kappa shape index (κ3) is 4.66. The second kappa shape index (κ2) is 9.41. The van der Waals surface area contributed by atoms with Gasteiger partial charge in [-0.05, 0) is 31.4 Å². The quantitative estimate of drug-likeness (QED) is 0.759. The summed E-state index contributed by atoms with van der Waals surface area (Å²) >= 11 is 0. The number of benzene rings is 1. The van der Waals surface area contributed by atoms with E-state index in [2.05, 4.69) is 10.6 Å². The molecule has 8 heteroatoms. The number of carbonyl (C=O) groups excluding carboxylic acids is 2. The van der Waals surface area contributed by atoms with E-state index in [0.29, 0.717) is 30.2 Å². The second-order valence-corrected chi connectivity index (χ2v) is 9.18. The maximum Gasteiger partial charge on any atom is 0.319 e. The van der Waals surface area contributed by atoms with E-state index in [4.69, 9.17) is 4.74 Å². The lowest BCUT2D eigenvalue weighted by atomic mass is 9.95. The highest BCUT2D eigenvalue weighted by Gasteiger charge is 2.30. The van der Waals surface area contributed by atoms with Crippen molar-refractivity contribution in [2.24, 2.45) is 0 Å². The number of hydrogen-bond donors (Lipinski definition) is 2. The van der Waals surface area contributed by atoms with Gasteiger partial charge in [-0.15, -0.1) is 0 Å². The molecule has 0 bridgehead atoms. The van der Waals surface area contributed by atoms with Crippen LogP contribution in [0, 0.1) is 0 Å². The Balaban J connectivity index is 1.66. The van der Waals surface area contributed by atoms with Crippen LogP contribution in [0.25, 0.3) is 0 Å². The van der Waals surface area contributed by atoms with Crippen molar-refractivity contribution in [3.8, 4) is 5.75 Å². The van der Waals surface area contributed by atoms with Crippen LogP contribution >= 0.6 is 0 Å². The fourth-order valence-corrected chi connectivity index (χ4v) is 5.44. The molecule has 28 heavy (non-hydrogen) atoms. The van der Waals surface area contributed by atoms with Gasteiger partial charge in [-0.2, -0.15) is 0 Å². The number of amides is 3. The molecule has 0 spiro atoms. The summed E-state index contributed by atoms with van der Waals surface area (Å²) in [5.74, 6) is 1.25. The summed E-state index contributed by atoms with van der Waals surface area (Å²) in [4.78, 5) is 26.2. The van der Waals surface area contributed by atoms with Crippen molar-refractivity contribution in [1.29, 1.82) is 0 Å². The minimum absolute atomic E-state index is 0.0163. The first-order valence-corrected chi connectivity index (χ1v) is 11.3. The molecule has 1 aliphatic heterocycles. The molecule has 154 valence electrons. The maximum atomic E-state index is 12.5. The number of methoxy groups -OCH3 is 1. The molecule has 0 radical (unpaired) electrons. The lowest BCUT2D eigenvalue weighted by Gasteiger charge is -2.31. The molecule has 2 fully saturated rings. The van der Waals surface area contributed by atoms with Crippen molar-refractivity contribution in [3.63, 3.8) is 0 Å². The summed E-state index contributed by atoms with van der Waals surface area (Å²) in [6, 6.07) is 4.91. The highest BCUT2D eigenvalue weighted by molar-refractivity contribution is 7.85. The Morgan fingerprint density at radius 1 is 1.29 bits per heavy atom. The molecule has 3 amide bonds. The van der Waals surface area contributed by atoms with Gasteiger partial charge in [0.1, 0.15) is 5.75 Å². The number of rotatable bonds is 6. The minimum atomic E-state index is -0.920. The Morgan fingerprint density at radius 2 is 2.07 bits per heavy atom. The van der Waals surface area contributed by atoms with E-state index < -0.39 is 10.8 Å². The van der Waals surface area contributed by atoms with Crippen molar-refractivity contribution < 1.29 is 18.5 Å². The van der Waals surface area contributed by atoms with Crippen LogP contribution in [0.15, 0.2) is 18.2 Å². The Hall–Kier alpha value is -2.09. The van der Waals surface area contributed by atoms with Crippen molar-refractivity contribution in [2.75, 3.05) is 29.6 Å². The van der Waals surface area contributed by atoms with E-state index in [0.717, 1.165) is 37.8 Å². The molecule has 1 heterocycles. The fraction of sp³-hybridized carbons (Fsp3) is 0.600. The first-order chi connectivity index (χ1) is 13.5. The molecule has 1 aromatic carbocycles. The third-order valence-corrected chi connectivity index (χ3v) is 7.25. The Kier molecular flexibility index (Phi) is 6.93. The molecule has 0 aromatic heterocycles. The number of ether oxygens (including phenoxy) is 1. The van der Waals surface area contributed by atoms with Gasteiger partial charge in [0, 0.05) is 47.3 Å². The van der Waals surface area contributed by atoms with Crippen LogP contribution in [0.3, 0.4) is 0 Å². The number of anilines is 2. The fourth-order valence-electron chi connectivity index (χ4n) is 4.01. The smallest absolute Gasteiger partial charge is 0.319 e. The second-order valence-electron chi connectivity index (χ2n) is 7.23. The Morgan fingerprint density at radius 3 is 2.75 bits per heavy atom. The molecule has 3 rings (SSSR count). The lowest BCUT2D eigenvalue weighted by molar-refractivity contribution is -0.117. The van der Waals surface area contributed by atoms with E-state index >= 15 is 0 Å². The van der Waals surface area contributed by atoms with Crippen LogP contribution in [0.4, 0.5) is 16.2 Å². The molecular weight excluding hydrogens is 378 g/mol. The zero-order chi connectivity index (χ0) is 20.1. The van der Waals surface area contributed by atoms with Crippen molar-refractivity contribution in [3.05, 3.63) is 18.2 Å². The number of nitrogens with one attached hydrogen (secondary N) is 2. The van der Waals surface area contributed by atoms with Gasteiger partial charge in [-0.1, -0.05) is 19.8 Å². The van der Waals surface area contributed by atoms with Gasteiger partial charge in [0.25, 0.3) is 0 Å². The maximum absolute atomic E-state index is 12.5. The van der Waals surface area contributed by atoms with Gasteiger partial charge < -0.3 is 20.3 Å². The molecule has 1 aliphatic carbocycles. The first kappa shape index (κ1) is 20.6. The topological polar surface area (TPSA) is 87.7 Å². The summed E-state index contributed by atoms with van der Waals surface area (Å²) in [6.45, 7) is 2.60. The molecule has 3 atom stereocenters. The minimum Gasteiger partial charge on any atom is -0.494 e. The van der Waals surface area contributed by atoms with E-state index in [1.54, 1.807) is 30.2 Å². The molecule has 0 unspecified atom stereocenters. The summed E-state index contributed by atoms with van der Waals surface area (Å²) in [6.07, 6.45) is 5.22. The highest BCUT2D eigenvalue weighted by atomic mass is 32.2. The van der Waals surface area contributed by atoms with Gasteiger partial charge in [0.15, 0.2) is 0 Å². The van der Waals surface area contributed by atoms with Crippen molar-refractivity contribution in [2.45, 2.75) is 56.7 Å². The summed E-state index contributed by atoms with van der Waals surface area (Å²) in [5, 5.41) is 5.85. The number of urea groups is 1. The van der Waals surface area contributed by atoms with E-state index in [9.17, 15) is 13.8 Å². The highest BCUT2D eigenvalue weighted by Crippen LogP contribution is 2.34. The predicted octanol–water partition coefficient (Wildman–Crippen LogP) is 3.02. The average molecular weight is 408 g/mol. The molecular formula is C20H29N3O4S. The summed E-state index contributed by atoms with van der Waals surface area (Å²) in [5.41, 5.74) is 1.32.